The lowest BCUT2D eigenvalue weighted by atomic mass is 10.1. The van der Waals surface area contributed by atoms with E-state index in [9.17, 15) is 4.39 Å². The third kappa shape index (κ3) is 5.15. The van der Waals surface area contributed by atoms with Crippen molar-refractivity contribution in [2.75, 3.05) is 33.9 Å². The summed E-state index contributed by atoms with van der Waals surface area (Å²) in [6.07, 6.45) is 3.35. The molecule has 0 radical (unpaired) electrons. The highest BCUT2D eigenvalue weighted by molar-refractivity contribution is 8.00. The number of hydrogen-bond acceptors (Lipinski definition) is 4. The molecule has 140 valence electrons. The van der Waals surface area contributed by atoms with Gasteiger partial charge < -0.3 is 14.4 Å². The van der Waals surface area contributed by atoms with Crippen molar-refractivity contribution in [3.8, 4) is 11.5 Å². The Morgan fingerprint density at radius 1 is 1.00 bits per heavy atom. The second-order valence-corrected chi connectivity index (χ2v) is 7.93. The lowest BCUT2D eigenvalue weighted by Gasteiger charge is -2.31. The highest BCUT2D eigenvalue weighted by Gasteiger charge is 2.20. The van der Waals surface area contributed by atoms with Crippen molar-refractivity contribution in [2.24, 2.45) is 0 Å². The van der Waals surface area contributed by atoms with Gasteiger partial charge in [0.25, 0.3) is 0 Å². The van der Waals surface area contributed by atoms with Crippen molar-refractivity contribution in [3.05, 3.63) is 53.8 Å². The van der Waals surface area contributed by atoms with Crippen LogP contribution < -0.4 is 9.47 Å². The largest absolute Gasteiger partial charge is 0.493 e. The van der Waals surface area contributed by atoms with Gasteiger partial charge in [0.1, 0.15) is 5.82 Å². The molecule has 0 bridgehead atoms. The standard InChI is InChI=1S/C21H26FNO2S/c1-24-20-8-7-19(15-21(20)25-2)26-18-10-13-23(14-11-18)12-9-16-3-5-17(22)6-4-16/h3-8,15,18H,9-14H2,1-2H3. The number of benzene rings is 2. The summed E-state index contributed by atoms with van der Waals surface area (Å²) < 4.78 is 23.7. The summed E-state index contributed by atoms with van der Waals surface area (Å²) in [6.45, 7) is 3.28. The van der Waals surface area contributed by atoms with Crippen molar-refractivity contribution in [3.63, 3.8) is 0 Å². The Kier molecular flexibility index (Phi) is 6.80. The normalized spacial score (nSPS) is 15.8. The van der Waals surface area contributed by atoms with Gasteiger partial charge in [0.15, 0.2) is 11.5 Å². The van der Waals surface area contributed by atoms with E-state index in [4.69, 9.17) is 9.47 Å². The summed E-state index contributed by atoms with van der Waals surface area (Å²) >= 11 is 1.93. The van der Waals surface area contributed by atoms with E-state index in [1.54, 1.807) is 26.4 Å². The predicted molar refractivity (Wildman–Crippen MR) is 105 cm³/mol. The molecule has 0 atom stereocenters. The molecule has 1 fully saturated rings. The van der Waals surface area contributed by atoms with Gasteiger partial charge in [-0.05, 0) is 68.2 Å². The molecule has 3 rings (SSSR count). The molecule has 5 heteroatoms. The predicted octanol–water partition coefficient (Wildman–Crippen LogP) is 4.64. The molecular formula is C21H26FNO2S. The van der Waals surface area contributed by atoms with Crippen molar-refractivity contribution < 1.29 is 13.9 Å². The second-order valence-electron chi connectivity index (χ2n) is 6.55. The molecule has 0 N–H and O–H groups in total. The number of ether oxygens (including phenoxy) is 2. The monoisotopic (exact) mass is 375 g/mol. The fourth-order valence-electron chi connectivity index (χ4n) is 3.27. The van der Waals surface area contributed by atoms with Crippen LogP contribution >= 0.6 is 11.8 Å². The highest BCUT2D eigenvalue weighted by Crippen LogP contribution is 2.36. The van der Waals surface area contributed by atoms with Gasteiger partial charge in [-0.3, -0.25) is 0 Å². The van der Waals surface area contributed by atoms with Crippen LogP contribution in [0.2, 0.25) is 0 Å². The Labute approximate surface area is 159 Å². The zero-order valence-electron chi connectivity index (χ0n) is 15.4. The van der Waals surface area contributed by atoms with Gasteiger partial charge in [-0.2, -0.15) is 0 Å². The molecule has 3 nitrogen and oxygen atoms in total. The maximum absolute atomic E-state index is 13.0. The Balaban J connectivity index is 1.45. The topological polar surface area (TPSA) is 21.7 Å². The molecule has 2 aromatic carbocycles. The van der Waals surface area contributed by atoms with Crippen molar-refractivity contribution in [1.82, 2.24) is 4.90 Å². The Morgan fingerprint density at radius 2 is 1.69 bits per heavy atom. The summed E-state index contributed by atoms with van der Waals surface area (Å²) in [6, 6.07) is 13.0. The summed E-state index contributed by atoms with van der Waals surface area (Å²) in [5.41, 5.74) is 1.20. The van der Waals surface area contributed by atoms with E-state index in [0.717, 1.165) is 37.6 Å². The molecule has 1 saturated heterocycles. The number of methoxy groups -OCH3 is 2. The molecule has 26 heavy (non-hydrogen) atoms. The molecule has 0 amide bonds. The Hall–Kier alpha value is -1.72. The molecule has 1 heterocycles. The molecule has 0 aromatic heterocycles. The SMILES string of the molecule is COc1ccc(SC2CCN(CCc3ccc(F)cc3)CC2)cc1OC. The number of halogens is 1. The van der Waals surface area contributed by atoms with Crippen LogP contribution in [0.3, 0.4) is 0 Å². The van der Waals surface area contributed by atoms with Gasteiger partial charge in [0, 0.05) is 16.7 Å². The van der Waals surface area contributed by atoms with E-state index in [1.807, 2.05) is 30.0 Å². The lowest BCUT2D eigenvalue weighted by Crippen LogP contribution is -2.36. The second kappa shape index (κ2) is 9.28. The lowest BCUT2D eigenvalue weighted by molar-refractivity contribution is 0.235. The maximum atomic E-state index is 13.0. The molecule has 0 aliphatic carbocycles. The molecule has 0 spiro atoms. The molecule has 0 saturated carbocycles. The maximum Gasteiger partial charge on any atom is 0.161 e. The van der Waals surface area contributed by atoms with Crippen LogP contribution in [0.15, 0.2) is 47.4 Å². The number of likely N-dealkylation sites (tertiary alicyclic amines) is 1. The number of piperidine rings is 1. The van der Waals surface area contributed by atoms with Crippen LogP contribution in [-0.4, -0.2) is 44.0 Å². The van der Waals surface area contributed by atoms with Gasteiger partial charge in [-0.1, -0.05) is 12.1 Å². The van der Waals surface area contributed by atoms with E-state index < -0.39 is 0 Å². The highest BCUT2D eigenvalue weighted by atomic mass is 32.2. The van der Waals surface area contributed by atoms with Crippen molar-refractivity contribution in [2.45, 2.75) is 29.4 Å². The van der Waals surface area contributed by atoms with Crippen LogP contribution in [0, 0.1) is 5.82 Å². The van der Waals surface area contributed by atoms with Crippen molar-refractivity contribution in [1.29, 1.82) is 0 Å². The van der Waals surface area contributed by atoms with Gasteiger partial charge >= 0.3 is 0 Å². The first kappa shape index (κ1) is 19.1. The number of thioether (sulfide) groups is 1. The summed E-state index contributed by atoms with van der Waals surface area (Å²) in [5.74, 6) is 1.39. The van der Waals surface area contributed by atoms with Gasteiger partial charge in [-0.15, -0.1) is 11.8 Å². The Bertz CT molecular complexity index is 700. The zero-order valence-corrected chi connectivity index (χ0v) is 16.2. The van der Waals surface area contributed by atoms with Gasteiger partial charge in [0.2, 0.25) is 0 Å². The van der Waals surface area contributed by atoms with Gasteiger partial charge in [-0.25, -0.2) is 4.39 Å². The van der Waals surface area contributed by atoms with Gasteiger partial charge in [0.05, 0.1) is 14.2 Å². The quantitative estimate of drug-likeness (QED) is 0.703. The Morgan fingerprint density at radius 3 is 2.35 bits per heavy atom. The van der Waals surface area contributed by atoms with Crippen LogP contribution in [0.1, 0.15) is 18.4 Å². The minimum absolute atomic E-state index is 0.165. The molecule has 1 aliphatic heterocycles. The van der Waals surface area contributed by atoms with E-state index >= 15 is 0 Å². The van der Waals surface area contributed by atoms with Crippen LogP contribution in [0.4, 0.5) is 4.39 Å². The fourth-order valence-corrected chi connectivity index (χ4v) is 4.42. The molecule has 2 aromatic rings. The van der Waals surface area contributed by atoms with E-state index in [0.29, 0.717) is 5.25 Å². The first-order valence-electron chi connectivity index (χ1n) is 9.03. The average molecular weight is 376 g/mol. The first-order chi connectivity index (χ1) is 12.7. The third-order valence-corrected chi connectivity index (χ3v) is 6.15. The summed E-state index contributed by atoms with van der Waals surface area (Å²) in [5, 5.41) is 0.634. The van der Waals surface area contributed by atoms with Crippen LogP contribution in [0.25, 0.3) is 0 Å². The zero-order chi connectivity index (χ0) is 18.4. The minimum atomic E-state index is -0.165. The minimum Gasteiger partial charge on any atom is -0.493 e. The number of nitrogens with zero attached hydrogens (tertiary/aromatic N) is 1. The van der Waals surface area contributed by atoms with E-state index in [-0.39, 0.29) is 5.82 Å². The van der Waals surface area contributed by atoms with E-state index in [2.05, 4.69) is 17.0 Å². The number of rotatable bonds is 7. The first-order valence-corrected chi connectivity index (χ1v) is 9.91. The fraction of sp³-hybridized carbons (Fsp3) is 0.429. The average Bonchev–Trinajstić information content (AvgIpc) is 2.68. The molecule has 0 unspecified atom stereocenters. The molecule has 1 aliphatic rings. The summed E-state index contributed by atoms with van der Waals surface area (Å²) in [7, 11) is 3.33. The van der Waals surface area contributed by atoms with E-state index in [1.165, 1.54) is 23.3 Å². The van der Waals surface area contributed by atoms with Crippen LogP contribution in [-0.2, 0) is 6.42 Å². The van der Waals surface area contributed by atoms with Crippen LogP contribution in [0.5, 0.6) is 11.5 Å². The summed E-state index contributed by atoms with van der Waals surface area (Å²) in [4.78, 5) is 3.74. The molecular weight excluding hydrogens is 349 g/mol. The van der Waals surface area contributed by atoms with Crippen molar-refractivity contribution >= 4 is 11.8 Å². The number of hydrogen-bond donors (Lipinski definition) is 0. The smallest absolute Gasteiger partial charge is 0.161 e. The third-order valence-electron chi connectivity index (χ3n) is 4.82.